The molecule has 1 unspecified atom stereocenters. The van der Waals surface area contributed by atoms with Gasteiger partial charge in [0.2, 0.25) is 0 Å². The lowest BCUT2D eigenvalue weighted by molar-refractivity contribution is -0.221. The fraction of sp³-hybridized carbons (Fsp3) is 1.00. The SMILES string of the molecule is OCC1(C(F)(F)F)CC1(F)F. The minimum absolute atomic E-state index is 1.29. The molecule has 1 rings (SSSR count). The molecule has 1 atom stereocenters. The maximum absolute atomic E-state index is 12.1. The Labute approximate surface area is 58.8 Å². The summed E-state index contributed by atoms with van der Waals surface area (Å²) in [6, 6.07) is 0. The molecule has 66 valence electrons. The van der Waals surface area contributed by atoms with E-state index in [4.69, 9.17) is 5.11 Å². The molecule has 11 heavy (non-hydrogen) atoms. The van der Waals surface area contributed by atoms with Crippen molar-refractivity contribution < 1.29 is 27.1 Å². The minimum Gasteiger partial charge on any atom is -0.395 e. The smallest absolute Gasteiger partial charge is 0.395 e. The van der Waals surface area contributed by atoms with Crippen molar-refractivity contribution in [2.24, 2.45) is 5.41 Å². The minimum atomic E-state index is -5.01. The van der Waals surface area contributed by atoms with Gasteiger partial charge in [-0.2, -0.15) is 13.2 Å². The van der Waals surface area contributed by atoms with E-state index in [2.05, 4.69) is 0 Å². The van der Waals surface area contributed by atoms with Crippen LogP contribution in [0.15, 0.2) is 0 Å². The third kappa shape index (κ3) is 0.919. The summed E-state index contributed by atoms with van der Waals surface area (Å²) in [7, 11) is 0. The van der Waals surface area contributed by atoms with Crippen LogP contribution in [-0.4, -0.2) is 23.8 Å². The summed E-state index contributed by atoms with van der Waals surface area (Å²) < 4.78 is 59.4. The van der Waals surface area contributed by atoms with Crippen LogP contribution in [0, 0.1) is 5.41 Å². The molecule has 0 aromatic rings. The van der Waals surface area contributed by atoms with E-state index in [1.807, 2.05) is 0 Å². The zero-order valence-corrected chi connectivity index (χ0v) is 5.25. The van der Waals surface area contributed by atoms with Crippen LogP contribution in [0.25, 0.3) is 0 Å². The van der Waals surface area contributed by atoms with Gasteiger partial charge in [0.15, 0.2) is 5.41 Å². The van der Waals surface area contributed by atoms with Gasteiger partial charge < -0.3 is 5.11 Å². The third-order valence-electron chi connectivity index (χ3n) is 1.91. The van der Waals surface area contributed by atoms with E-state index >= 15 is 0 Å². The van der Waals surface area contributed by atoms with Gasteiger partial charge in [-0.15, -0.1) is 0 Å². The number of alkyl halides is 5. The van der Waals surface area contributed by atoms with E-state index in [9.17, 15) is 22.0 Å². The predicted octanol–water partition coefficient (Wildman–Crippen LogP) is 1.57. The fourth-order valence-corrected chi connectivity index (χ4v) is 0.904. The second kappa shape index (κ2) is 1.85. The molecule has 0 spiro atoms. The first-order valence-electron chi connectivity index (χ1n) is 2.82. The van der Waals surface area contributed by atoms with E-state index in [0.29, 0.717) is 0 Å². The summed E-state index contributed by atoms with van der Waals surface area (Å²) >= 11 is 0. The molecule has 0 aromatic carbocycles. The molecule has 0 saturated heterocycles. The molecule has 6 heteroatoms. The Morgan fingerprint density at radius 3 is 1.64 bits per heavy atom. The molecule has 0 aliphatic heterocycles. The quantitative estimate of drug-likeness (QED) is 0.601. The van der Waals surface area contributed by atoms with Crippen LogP contribution < -0.4 is 0 Å². The second-order valence-corrected chi connectivity index (χ2v) is 2.62. The highest BCUT2D eigenvalue weighted by molar-refractivity contribution is 5.14. The maximum Gasteiger partial charge on any atom is 0.402 e. The molecule has 1 aliphatic carbocycles. The number of aliphatic hydroxyl groups is 1. The number of hydrogen-bond acceptors (Lipinski definition) is 1. The van der Waals surface area contributed by atoms with Crippen LogP contribution in [0.3, 0.4) is 0 Å². The van der Waals surface area contributed by atoms with Crippen molar-refractivity contribution in [2.45, 2.75) is 18.5 Å². The van der Waals surface area contributed by atoms with E-state index < -0.39 is 30.5 Å². The van der Waals surface area contributed by atoms with Crippen LogP contribution in [-0.2, 0) is 0 Å². The first kappa shape index (κ1) is 8.70. The first-order valence-corrected chi connectivity index (χ1v) is 2.82. The van der Waals surface area contributed by atoms with Crippen molar-refractivity contribution in [1.29, 1.82) is 0 Å². The molecule has 1 aliphatic rings. The highest BCUT2D eigenvalue weighted by Crippen LogP contribution is 2.67. The number of rotatable bonds is 1. The third-order valence-corrected chi connectivity index (χ3v) is 1.91. The lowest BCUT2D eigenvalue weighted by Gasteiger charge is -2.16. The molecule has 1 nitrogen and oxygen atoms in total. The Balaban J connectivity index is 2.84. The lowest BCUT2D eigenvalue weighted by Crippen LogP contribution is -2.33. The average molecular weight is 176 g/mol. The molecule has 0 amide bonds. The topological polar surface area (TPSA) is 20.2 Å². The average Bonchev–Trinajstić information content (AvgIpc) is 2.33. The normalized spacial score (nSPS) is 35.5. The largest absolute Gasteiger partial charge is 0.402 e. The summed E-state index contributed by atoms with van der Waals surface area (Å²) in [4.78, 5) is 0. The van der Waals surface area contributed by atoms with Gasteiger partial charge in [0, 0.05) is 6.42 Å². The molecule has 0 aromatic heterocycles. The van der Waals surface area contributed by atoms with E-state index in [-0.39, 0.29) is 0 Å². The highest BCUT2D eigenvalue weighted by atomic mass is 19.4. The van der Waals surface area contributed by atoms with Gasteiger partial charge in [-0.05, 0) is 0 Å². The van der Waals surface area contributed by atoms with Gasteiger partial charge in [0.1, 0.15) is 0 Å². The summed E-state index contributed by atoms with van der Waals surface area (Å²) in [5, 5.41) is 8.13. The van der Waals surface area contributed by atoms with E-state index in [1.165, 1.54) is 0 Å². The Kier molecular flexibility index (Phi) is 1.47. The van der Waals surface area contributed by atoms with Crippen molar-refractivity contribution in [1.82, 2.24) is 0 Å². The molecular weight excluding hydrogens is 171 g/mol. The van der Waals surface area contributed by atoms with E-state index in [1.54, 1.807) is 0 Å². The molecular formula is C5H5F5O. The Morgan fingerprint density at radius 1 is 1.27 bits per heavy atom. The van der Waals surface area contributed by atoms with Gasteiger partial charge in [-0.25, -0.2) is 8.78 Å². The van der Waals surface area contributed by atoms with Gasteiger partial charge in [-0.1, -0.05) is 0 Å². The van der Waals surface area contributed by atoms with Crippen LogP contribution in [0.5, 0.6) is 0 Å². The first-order chi connectivity index (χ1) is 4.77. The lowest BCUT2D eigenvalue weighted by atomic mass is 10.1. The van der Waals surface area contributed by atoms with E-state index in [0.717, 1.165) is 0 Å². The fourth-order valence-electron chi connectivity index (χ4n) is 0.904. The van der Waals surface area contributed by atoms with Crippen molar-refractivity contribution >= 4 is 0 Å². The zero-order chi connectivity index (χ0) is 8.91. The number of hydrogen-bond donors (Lipinski definition) is 1. The molecule has 1 N–H and O–H groups in total. The molecule has 0 radical (unpaired) electrons. The van der Waals surface area contributed by atoms with Gasteiger partial charge in [0.25, 0.3) is 5.92 Å². The van der Waals surface area contributed by atoms with Crippen LogP contribution >= 0.6 is 0 Å². The molecule has 1 saturated carbocycles. The van der Waals surface area contributed by atoms with Gasteiger partial charge in [-0.3, -0.25) is 0 Å². The summed E-state index contributed by atoms with van der Waals surface area (Å²) in [5.41, 5.74) is -3.15. The summed E-state index contributed by atoms with van der Waals surface area (Å²) in [6.07, 6.45) is -6.30. The zero-order valence-electron chi connectivity index (χ0n) is 5.25. The predicted molar refractivity (Wildman–Crippen MR) is 25.1 cm³/mol. The molecule has 1 fully saturated rings. The highest BCUT2D eigenvalue weighted by Gasteiger charge is 2.83. The van der Waals surface area contributed by atoms with Crippen molar-refractivity contribution in [2.75, 3.05) is 6.61 Å². The summed E-state index contributed by atoms with van der Waals surface area (Å²) in [6.45, 7) is -1.54. The van der Waals surface area contributed by atoms with Crippen molar-refractivity contribution in [3.05, 3.63) is 0 Å². The van der Waals surface area contributed by atoms with Crippen molar-refractivity contribution in [3.63, 3.8) is 0 Å². The molecule has 0 bridgehead atoms. The van der Waals surface area contributed by atoms with Crippen LogP contribution in [0.1, 0.15) is 6.42 Å². The molecule has 0 heterocycles. The maximum atomic E-state index is 12.1. The monoisotopic (exact) mass is 176 g/mol. The standard InChI is InChI=1S/C5H5F5O/c6-4(7)1-3(4,2-11)5(8,9)10/h11H,1-2H2. The van der Waals surface area contributed by atoms with Crippen LogP contribution in [0.4, 0.5) is 22.0 Å². The van der Waals surface area contributed by atoms with Gasteiger partial charge in [0.05, 0.1) is 6.61 Å². The Hall–Kier alpha value is -0.390. The second-order valence-electron chi connectivity index (χ2n) is 2.62. The Bertz CT molecular complexity index is 174. The number of aliphatic hydroxyl groups excluding tert-OH is 1. The summed E-state index contributed by atoms with van der Waals surface area (Å²) in [5.74, 6) is -3.78. The number of halogens is 5. The van der Waals surface area contributed by atoms with Gasteiger partial charge >= 0.3 is 6.18 Å². The van der Waals surface area contributed by atoms with Crippen LogP contribution in [0.2, 0.25) is 0 Å². The Morgan fingerprint density at radius 2 is 1.64 bits per heavy atom. The van der Waals surface area contributed by atoms with Crippen molar-refractivity contribution in [3.8, 4) is 0 Å².